The molecule has 0 aliphatic carbocycles. The van der Waals surface area contributed by atoms with E-state index in [0.29, 0.717) is 139 Å². The summed E-state index contributed by atoms with van der Waals surface area (Å²) < 4.78 is 39.4. The predicted octanol–water partition coefficient (Wildman–Crippen LogP) is 5.16. The molecule has 0 unspecified atom stereocenters. The first kappa shape index (κ1) is 49.9. The first-order valence-corrected chi connectivity index (χ1v) is 22.7. The van der Waals surface area contributed by atoms with E-state index in [2.05, 4.69) is 45.0 Å². The smallest absolute Gasteiger partial charge is 0.339 e. The molecule has 1 atom stereocenters. The lowest BCUT2D eigenvalue weighted by atomic mass is 9.95. The maximum atomic E-state index is 13.0. The molecule has 2 aliphatic heterocycles. The van der Waals surface area contributed by atoms with E-state index in [1.165, 1.54) is 0 Å². The number of anilines is 3. The van der Waals surface area contributed by atoms with Crippen molar-refractivity contribution < 1.29 is 52.3 Å². The van der Waals surface area contributed by atoms with Gasteiger partial charge in [0, 0.05) is 49.4 Å². The minimum Gasteiger partial charge on any atom is -0.451 e. The molecule has 4 N–H and O–H groups in total. The number of carbonyl (C=O) groups excluding carboxylic acids is 3. The third kappa shape index (κ3) is 15.0. The van der Waals surface area contributed by atoms with Gasteiger partial charge in [-0.05, 0) is 56.4 Å². The third-order valence-corrected chi connectivity index (χ3v) is 11.0. The number of fused-ring (bicyclic) bond motifs is 1. The molecule has 19 heteroatoms. The lowest BCUT2D eigenvalue weighted by Crippen LogP contribution is -2.38. The van der Waals surface area contributed by atoms with Crippen molar-refractivity contribution in [1.29, 1.82) is 0 Å². The van der Waals surface area contributed by atoms with Crippen LogP contribution in [0.4, 0.5) is 17.5 Å². The Kier molecular flexibility index (Phi) is 19.2. The van der Waals surface area contributed by atoms with Gasteiger partial charge in [0.05, 0.1) is 96.3 Å². The van der Waals surface area contributed by atoms with Crippen molar-refractivity contribution in [2.24, 2.45) is 5.92 Å². The number of benzene rings is 2. The first-order chi connectivity index (χ1) is 32.0. The maximum absolute atomic E-state index is 13.0. The van der Waals surface area contributed by atoms with Gasteiger partial charge in [-0.3, -0.25) is 9.59 Å². The summed E-state index contributed by atoms with van der Waals surface area (Å²) in [6.45, 7) is 13.4. The Balaban J connectivity index is 0.886. The van der Waals surface area contributed by atoms with Gasteiger partial charge in [-0.2, -0.15) is 4.98 Å². The van der Waals surface area contributed by atoms with Crippen LogP contribution < -0.4 is 16.0 Å². The quantitative estimate of drug-likeness (QED) is 0.0426. The number of aromatic nitrogens is 4. The molecule has 66 heavy (non-hydrogen) atoms. The number of aliphatic hydroxyl groups is 1. The molecule has 2 aromatic carbocycles. The van der Waals surface area contributed by atoms with E-state index in [9.17, 15) is 19.5 Å². The molecule has 0 radical (unpaired) electrons. The van der Waals surface area contributed by atoms with Crippen LogP contribution in [0.5, 0.6) is 0 Å². The van der Waals surface area contributed by atoms with Crippen molar-refractivity contribution in [1.82, 2.24) is 30.4 Å². The van der Waals surface area contributed by atoms with E-state index in [-0.39, 0.29) is 48.6 Å². The largest absolute Gasteiger partial charge is 0.451 e. The van der Waals surface area contributed by atoms with Crippen LogP contribution in [0.25, 0.3) is 11.5 Å². The Morgan fingerprint density at radius 1 is 0.848 bits per heavy atom. The van der Waals surface area contributed by atoms with Gasteiger partial charge in [-0.15, -0.1) is 10.2 Å². The summed E-state index contributed by atoms with van der Waals surface area (Å²) in [5, 5.41) is 28.6. The van der Waals surface area contributed by atoms with Crippen LogP contribution in [0.1, 0.15) is 92.7 Å². The number of likely N-dealkylation sites (tertiary alicyclic amines) is 1. The Hall–Kier alpha value is -5.57. The van der Waals surface area contributed by atoms with E-state index in [1.54, 1.807) is 18.3 Å². The van der Waals surface area contributed by atoms with Gasteiger partial charge in [0.2, 0.25) is 23.7 Å². The molecule has 2 aromatic heterocycles. The number of amides is 2. The zero-order chi connectivity index (χ0) is 46.7. The molecular weight excluding hydrogens is 853 g/mol. The van der Waals surface area contributed by atoms with E-state index >= 15 is 0 Å². The highest BCUT2D eigenvalue weighted by Crippen LogP contribution is 2.38. The molecule has 2 aliphatic rings. The monoisotopic (exact) mass is 916 g/mol. The number of rotatable bonds is 28. The number of nitrogens with zero attached hydrogens (tertiary/aromatic N) is 5. The third-order valence-electron chi connectivity index (χ3n) is 11.0. The van der Waals surface area contributed by atoms with Crippen molar-refractivity contribution in [3.05, 3.63) is 77.3 Å². The van der Waals surface area contributed by atoms with E-state index < -0.39 is 11.6 Å². The summed E-state index contributed by atoms with van der Waals surface area (Å²) in [5.74, 6) is 1.34. The van der Waals surface area contributed by atoms with Gasteiger partial charge in [0.25, 0.3) is 5.89 Å². The van der Waals surface area contributed by atoms with Crippen LogP contribution >= 0.6 is 0 Å². The number of nitrogens with one attached hydrogen (secondary N) is 3. The number of hydrogen-bond acceptors (Lipinski definition) is 17. The van der Waals surface area contributed by atoms with Crippen molar-refractivity contribution in [3.8, 4) is 11.5 Å². The summed E-state index contributed by atoms with van der Waals surface area (Å²) in [7, 11) is 0. The van der Waals surface area contributed by atoms with Crippen LogP contribution in [0.15, 0.2) is 59.1 Å². The second-order valence-electron chi connectivity index (χ2n) is 16.9. The molecule has 0 saturated carbocycles. The molecule has 4 heterocycles. The fraction of sp³-hybridized carbons (Fsp3) is 0.553. The van der Waals surface area contributed by atoms with Crippen molar-refractivity contribution in [2.45, 2.75) is 70.9 Å². The molecular formula is C47H64N8O11. The average Bonchev–Trinajstić information content (AvgIpc) is 3.90. The minimum atomic E-state index is -0.774. The molecule has 0 spiro atoms. The number of piperidine rings is 1. The van der Waals surface area contributed by atoms with Gasteiger partial charge in [0.15, 0.2) is 0 Å². The first-order valence-electron chi connectivity index (χ1n) is 22.7. The van der Waals surface area contributed by atoms with Crippen LogP contribution in [-0.4, -0.2) is 140 Å². The van der Waals surface area contributed by atoms with Gasteiger partial charge >= 0.3 is 5.97 Å². The molecule has 6 rings (SSSR count). The SMILES string of the molecule is CC(C)CNC(=O)CCOCCOCCOCCOCCOCCC(=O)N1CCC(c2nnc(-c3cnc(Nc4ccc5c(c4)C(C)(C)OC5=O)nc3N[C@H](CO)c3ccccc3)o2)CC1. The molecule has 0 bridgehead atoms. The Morgan fingerprint density at radius 2 is 1.48 bits per heavy atom. The van der Waals surface area contributed by atoms with Crippen molar-refractivity contribution >= 4 is 35.2 Å². The topological polar surface area (TPSA) is 231 Å². The summed E-state index contributed by atoms with van der Waals surface area (Å²) >= 11 is 0. The highest BCUT2D eigenvalue weighted by atomic mass is 16.6. The zero-order valence-corrected chi connectivity index (χ0v) is 38.4. The standard InChI is InChI=1S/C47H64N8O11/c1-32(2)29-48-40(57)14-18-60-20-22-62-24-26-64-27-25-63-23-21-61-19-15-41(58)55-16-12-34(13-17-55)43-53-54-44(65-43)37-30-49-46(52-42(37)51-39(31-56)33-8-6-5-7-9-33)50-35-10-11-36-38(28-35)47(3,4)66-45(36)59/h5-11,28,30,32,34,39,56H,12-27,29,31H2,1-4H3,(H,48,57)(H2,49,50,51,52)/t39-/m1/s1. The van der Waals surface area contributed by atoms with Gasteiger partial charge < -0.3 is 58.8 Å². The van der Waals surface area contributed by atoms with E-state index in [4.69, 9.17) is 37.8 Å². The lowest BCUT2D eigenvalue weighted by molar-refractivity contribution is -0.133. The lowest BCUT2D eigenvalue weighted by Gasteiger charge is -2.30. The Bertz CT molecular complexity index is 2150. The number of aliphatic hydroxyl groups excluding tert-OH is 1. The van der Waals surface area contributed by atoms with Crippen molar-refractivity contribution in [3.63, 3.8) is 0 Å². The minimum absolute atomic E-state index is 0.00551. The molecule has 1 saturated heterocycles. The highest BCUT2D eigenvalue weighted by Gasteiger charge is 2.38. The summed E-state index contributed by atoms with van der Waals surface area (Å²) in [6.07, 6.45) is 3.51. The predicted molar refractivity (Wildman–Crippen MR) is 243 cm³/mol. The number of esters is 1. The highest BCUT2D eigenvalue weighted by molar-refractivity contribution is 5.95. The Morgan fingerprint density at radius 3 is 2.12 bits per heavy atom. The second-order valence-corrected chi connectivity index (χ2v) is 16.9. The van der Waals surface area contributed by atoms with Gasteiger partial charge in [-0.1, -0.05) is 44.2 Å². The number of ether oxygens (including phenoxy) is 6. The van der Waals surface area contributed by atoms with Crippen LogP contribution in [-0.2, 0) is 43.6 Å². The van der Waals surface area contributed by atoms with Gasteiger partial charge in [0.1, 0.15) is 11.4 Å². The van der Waals surface area contributed by atoms with E-state index in [1.807, 2.05) is 55.1 Å². The second kappa shape index (κ2) is 25.4. The van der Waals surface area contributed by atoms with Crippen LogP contribution in [0.2, 0.25) is 0 Å². The fourth-order valence-corrected chi connectivity index (χ4v) is 7.32. The average molecular weight is 917 g/mol. The van der Waals surface area contributed by atoms with E-state index in [0.717, 1.165) is 11.1 Å². The fourth-order valence-electron chi connectivity index (χ4n) is 7.32. The maximum Gasteiger partial charge on any atom is 0.339 e. The molecule has 4 aromatic rings. The number of carbonyl (C=O) groups is 3. The summed E-state index contributed by atoms with van der Waals surface area (Å²) in [4.78, 5) is 48.2. The number of cyclic esters (lactones) is 1. The van der Waals surface area contributed by atoms with Gasteiger partial charge in [-0.25, -0.2) is 9.78 Å². The molecule has 1 fully saturated rings. The molecule has 19 nitrogen and oxygen atoms in total. The van der Waals surface area contributed by atoms with Crippen LogP contribution in [0, 0.1) is 5.92 Å². The molecule has 358 valence electrons. The summed E-state index contributed by atoms with van der Waals surface area (Å²) in [5.41, 5.74) is 2.46. The summed E-state index contributed by atoms with van der Waals surface area (Å²) in [6, 6.07) is 14.3. The zero-order valence-electron chi connectivity index (χ0n) is 38.4. The van der Waals surface area contributed by atoms with Crippen LogP contribution in [0.3, 0.4) is 0 Å². The molecule has 2 amide bonds. The van der Waals surface area contributed by atoms with Crippen molar-refractivity contribution in [2.75, 3.05) is 103 Å². The number of hydrogen-bond donors (Lipinski definition) is 4. The Labute approximate surface area is 385 Å². The normalized spacial score (nSPS) is 15.1.